The number of imidazole rings is 1. The third-order valence-corrected chi connectivity index (χ3v) is 5.54. The first-order valence-corrected chi connectivity index (χ1v) is 9.95. The van der Waals surface area contributed by atoms with Crippen molar-refractivity contribution in [3.8, 4) is 11.5 Å². The molecule has 0 radical (unpaired) electrons. The lowest BCUT2D eigenvalue weighted by Gasteiger charge is -2.27. The van der Waals surface area contributed by atoms with Crippen molar-refractivity contribution in [2.45, 2.75) is 12.7 Å². The lowest BCUT2D eigenvalue weighted by Crippen LogP contribution is -2.44. The molecule has 0 unspecified atom stereocenters. The van der Waals surface area contributed by atoms with Gasteiger partial charge in [-0.15, -0.1) is 0 Å². The zero-order valence-electron chi connectivity index (χ0n) is 16.2. The lowest BCUT2D eigenvalue weighted by molar-refractivity contribution is -0.139. The molecule has 4 aromatic rings. The molecule has 5 rings (SSSR count). The summed E-state index contributed by atoms with van der Waals surface area (Å²) in [7, 11) is 0. The van der Waals surface area contributed by atoms with Crippen molar-refractivity contribution >= 4 is 21.9 Å². The Morgan fingerprint density at radius 1 is 0.967 bits per heavy atom. The predicted molar refractivity (Wildman–Crippen MR) is 109 cm³/mol. The van der Waals surface area contributed by atoms with Gasteiger partial charge in [-0.05, 0) is 18.2 Å². The second-order valence-electron chi connectivity index (χ2n) is 7.44. The molecule has 0 saturated carbocycles. The number of fused-ring (bicyclic) bond motifs is 3. The van der Waals surface area contributed by atoms with Gasteiger partial charge in [0.15, 0.2) is 11.5 Å². The van der Waals surface area contributed by atoms with E-state index < -0.39 is 11.9 Å². The van der Waals surface area contributed by atoms with Crippen LogP contribution in [-0.4, -0.2) is 57.1 Å². The smallest absolute Gasteiger partial charge is 0.359 e. The summed E-state index contributed by atoms with van der Waals surface area (Å²) in [6, 6.07) is 10.6. The molecule has 0 atom stereocenters. The first-order chi connectivity index (χ1) is 14.5. The molecule has 6 nitrogen and oxygen atoms in total. The van der Waals surface area contributed by atoms with Crippen LogP contribution in [0.25, 0.3) is 33.5 Å². The van der Waals surface area contributed by atoms with Gasteiger partial charge in [-0.1, -0.05) is 18.2 Å². The minimum atomic E-state index is -4.59. The number of para-hydroxylation sites is 1. The summed E-state index contributed by atoms with van der Waals surface area (Å²) in [6.07, 6.45) is -2.84. The van der Waals surface area contributed by atoms with Crippen LogP contribution >= 0.6 is 0 Å². The van der Waals surface area contributed by atoms with Crippen molar-refractivity contribution in [2.75, 3.05) is 32.7 Å². The lowest BCUT2D eigenvalue weighted by atomic mass is 10.1. The Bertz CT molecular complexity index is 1170. The van der Waals surface area contributed by atoms with Gasteiger partial charge in [-0.3, -0.25) is 4.90 Å². The van der Waals surface area contributed by atoms with Crippen molar-refractivity contribution in [3.05, 3.63) is 48.3 Å². The molecule has 1 saturated heterocycles. The highest BCUT2D eigenvalue weighted by molar-refractivity contribution is 6.04. The van der Waals surface area contributed by atoms with E-state index >= 15 is 0 Å². The quantitative estimate of drug-likeness (QED) is 0.537. The number of aromatic nitrogens is 4. The van der Waals surface area contributed by atoms with Gasteiger partial charge < -0.3 is 14.9 Å². The topological polar surface area (TPSA) is 61.8 Å². The number of nitrogens with one attached hydrogen (secondary N) is 2. The highest BCUT2D eigenvalue weighted by atomic mass is 19.4. The van der Waals surface area contributed by atoms with Crippen molar-refractivity contribution in [1.29, 1.82) is 0 Å². The molecule has 4 heterocycles. The maximum Gasteiger partial charge on any atom is 0.435 e. The van der Waals surface area contributed by atoms with Gasteiger partial charge in [-0.25, -0.2) is 9.97 Å². The maximum atomic E-state index is 13.9. The molecule has 156 valence electrons. The minimum absolute atomic E-state index is 0.105. The largest absolute Gasteiger partial charge is 0.435 e. The average Bonchev–Trinajstić information content (AvgIpc) is 3.39. The summed E-state index contributed by atoms with van der Waals surface area (Å²) in [5.41, 5.74) is 0.436. The summed E-state index contributed by atoms with van der Waals surface area (Å²) in [5, 5.41) is 3.99. The Morgan fingerprint density at radius 3 is 2.50 bits per heavy atom. The Balaban J connectivity index is 1.74. The first kappa shape index (κ1) is 19.1. The zero-order chi connectivity index (χ0) is 20.7. The summed E-state index contributed by atoms with van der Waals surface area (Å²) in [5.74, 6) is 0.494. The van der Waals surface area contributed by atoms with Gasteiger partial charge in [0, 0.05) is 50.9 Å². The second-order valence-corrected chi connectivity index (χ2v) is 7.44. The van der Waals surface area contributed by atoms with Gasteiger partial charge in [0.05, 0.1) is 16.7 Å². The van der Waals surface area contributed by atoms with Crippen LogP contribution in [0.2, 0.25) is 0 Å². The Labute approximate surface area is 170 Å². The molecule has 30 heavy (non-hydrogen) atoms. The second kappa shape index (κ2) is 7.41. The molecule has 1 aliphatic heterocycles. The molecule has 0 bridgehead atoms. The molecule has 3 aromatic heterocycles. The number of piperazine rings is 1. The van der Waals surface area contributed by atoms with Crippen LogP contribution < -0.4 is 5.32 Å². The fourth-order valence-corrected chi connectivity index (χ4v) is 4.10. The Morgan fingerprint density at radius 2 is 1.77 bits per heavy atom. The number of hydrogen-bond acceptors (Lipinski definition) is 4. The normalized spacial score (nSPS) is 16.0. The van der Waals surface area contributed by atoms with E-state index in [1.807, 2.05) is 28.8 Å². The third kappa shape index (κ3) is 3.33. The predicted octanol–water partition coefficient (Wildman–Crippen LogP) is 3.50. The summed E-state index contributed by atoms with van der Waals surface area (Å²) in [6.45, 7) is 4.94. The third-order valence-electron chi connectivity index (χ3n) is 5.54. The van der Waals surface area contributed by atoms with Crippen LogP contribution in [0.4, 0.5) is 13.2 Å². The molecule has 9 heteroatoms. The molecular weight excluding hydrogens is 393 g/mol. The van der Waals surface area contributed by atoms with Gasteiger partial charge in [-0.2, -0.15) is 13.2 Å². The minimum Gasteiger partial charge on any atom is -0.359 e. The number of alkyl halides is 3. The van der Waals surface area contributed by atoms with Crippen LogP contribution in [0.1, 0.15) is 5.69 Å². The van der Waals surface area contributed by atoms with E-state index in [1.165, 1.54) is 0 Å². The molecule has 0 spiro atoms. The highest BCUT2D eigenvalue weighted by Crippen LogP contribution is 2.38. The van der Waals surface area contributed by atoms with E-state index in [4.69, 9.17) is 0 Å². The van der Waals surface area contributed by atoms with Crippen LogP contribution in [0.3, 0.4) is 0 Å². The van der Waals surface area contributed by atoms with E-state index in [2.05, 4.69) is 25.2 Å². The Hall–Kier alpha value is -2.91. The standard InChI is InChI=1S/C21H21F3N6/c22-21(23,24)19-17-18(14-4-1-2-5-15(14)27-19)30(13-12-29-10-8-25-9-11-29)20(28-17)16-6-3-7-26-16/h1-7,25-26H,8-13H2. The van der Waals surface area contributed by atoms with Crippen LogP contribution in [-0.2, 0) is 12.7 Å². The van der Waals surface area contributed by atoms with E-state index in [-0.39, 0.29) is 5.52 Å². The van der Waals surface area contributed by atoms with Crippen molar-refractivity contribution < 1.29 is 13.2 Å². The Kier molecular flexibility index (Phi) is 4.71. The molecule has 1 aromatic carbocycles. The van der Waals surface area contributed by atoms with Gasteiger partial charge in [0.1, 0.15) is 5.52 Å². The summed E-state index contributed by atoms with van der Waals surface area (Å²) < 4.78 is 43.5. The SMILES string of the molecule is FC(F)(F)c1nc2ccccc2c2c1nc(-c1ccc[nH]1)n2CCN1CCNCC1. The van der Waals surface area contributed by atoms with E-state index in [9.17, 15) is 13.2 Å². The van der Waals surface area contributed by atoms with Crippen LogP contribution in [0.15, 0.2) is 42.6 Å². The van der Waals surface area contributed by atoms with Gasteiger partial charge in [0.2, 0.25) is 0 Å². The fourth-order valence-electron chi connectivity index (χ4n) is 4.10. The number of rotatable bonds is 4. The number of hydrogen-bond donors (Lipinski definition) is 2. The van der Waals surface area contributed by atoms with Gasteiger partial charge in [0.25, 0.3) is 0 Å². The summed E-state index contributed by atoms with van der Waals surface area (Å²) in [4.78, 5) is 13.8. The van der Waals surface area contributed by atoms with E-state index in [0.29, 0.717) is 34.5 Å². The number of nitrogens with zero attached hydrogens (tertiary/aromatic N) is 4. The molecule has 1 aliphatic rings. The van der Waals surface area contributed by atoms with Crippen LogP contribution in [0, 0.1) is 0 Å². The van der Waals surface area contributed by atoms with Crippen molar-refractivity contribution in [2.24, 2.45) is 0 Å². The monoisotopic (exact) mass is 414 g/mol. The van der Waals surface area contributed by atoms with Crippen molar-refractivity contribution in [1.82, 2.24) is 29.7 Å². The number of halogens is 3. The molecule has 1 fully saturated rings. The number of benzene rings is 1. The molecule has 0 amide bonds. The number of H-pyrrole nitrogens is 1. The molecular formula is C21H21F3N6. The molecule has 2 N–H and O–H groups in total. The maximum absolute atomic E-state index is 13.9. The van der Waals surface area contributed by atoms with E-state index in [0.717, 1.165) is 32.7 Å². The highest BCUT2D eigenvalue weighted by Gasteiger charge is 2.37. The molecule has 0 aliphatic carbocycles. The number of pyridine rings is 1. The average molecular weight is 414 g/mol. The first-order valence-electron chi connectivity index (χ1n) is 9.95. The fraction of sp³-hybridized carbons (Fsp3) is 0.333. The zero-order valence-corrected chi connectivity index (χ0v) is 16.2. The van der Waals surface area contributed by atoms with Crippen molar-refractivity contribution in [3.63, 3.8) is 0 Å². The number of aromatic amines is 1. The van der Waals surface area contributed by atoms with Crippen LogP contribution in [0.5, 0.6) is 0 Å². The van der Waals surface area contributed by atoms with Gasteiger partial charge >= 0.3 is 6.18 Å². The summed E-state index contributed by atoms with van der Waals surface area (Å²) >= 11 is 0. The van der Waals surface area contributed by atoms with E-state index in [1.54, 1.807) is 18.3 Å².